The molecule has 2 aliphatic heterocycles. The maximum absolute atomic E-state index is 11.1. The van der Waals surface area contributed by atoms with E-state index in [9.17, 15) is 4.79 Å². The Morgan fingerprint density at radius 1 is 0.868 bits per heavy atom. The molecular formula is C30H29N7O. The summed E-state index contributed by atoms with van der Waals surface area (Å²) in [5, 5.41) is 10.6. The molecular weight excluding hydrogens is 474 g/mol. The molecule has 0 spiro atoms. The van der Waals surface area contributed by atoms with E-state index >= 15 is 0 Å². The fourth-order valence-electron chi connectivity index (χ4n) is 4.89. The van der Waals surface area contributed by atoms with Crippen molar-refractivity contribution in [2.75, 3.05) is 26.2 Å². The van der Waals surface area contributed by atoms with Gasteiger partial charge in [-0.15, -0.1) is 0 Å². The molecule has 0 amide bonds. The molecule has 0 unspecified atom stereocenters. The van der Waals surface area contributed by atoms with Crippen molar-refractivity contribution in [1.29, 1.82) is 0 Å². The number of hydrogen-bond acceptors (Lipinski definition) is 6. The Bertz CT molecular complexity index is 1780. The molecule has 0 aliphatic carbocycles. The molecule has 2 aromatic heterocycles. The summed E-state index contributed by atoms with van der Waals surface area (Å²) >= 11 is 0. The van der Waals surface area contributed by atoms with E-state index in [2.05, 4.69) is 90.4 Å². The highest BCUT2D eigenvalue weighted by Crippen LogP contribution is 2.29. The lowest BCUT2D eigenvalue weighted by atomic mass is 9.99. The average Bonchev–Trinajstić information content (AvgIpc) is 3.41. The van der Waals surface area contributed by atoms with Crippen molar-refractivity contribution in [2.45, 2.75) is 6.42 Å². The molecule has 2 aliphatic rings. The highest BCUT2D eigenvalue weighted by molar-refractivity contribution is 5.92. The topological polar surface area (TPSA) is 92.4 Å². The maximum atomic E-state index is 11.1. The molecule has 4 heterocycles. The number of rotatable bonds is 4. The SMILES string of the molecule is C1=C(c2c[nH]c3ccccc23)CCN(CCN2C=c3ccccc3=NN2)C1.O=c1[nH]cnc2ccccc12. The van der Waals surface area contributed by atoms with Gasteiger partial charge < -0.3 is 9.97 Å². The molecule has 0 saturated heterocycles. The van der Waals surface area contributed by atoms with E-state index in [0.29, 0.717) is 5.39 Å². The quantitative estimate of drug-likeness (QED) is 0.351. The third kappa shape index (κ3) is 5.07. The standard InChI is InChI=1S/C22H23N5.C8H6N2O/c1-3-7-21-18(5-1)16-27(25-24-21)14-13-26-11-9-17(10-12-26)20-15-23-22-8-4-2-6-19(20)22;11-8-6-3-1-2-4-7(6)9-5-10-8/h1-9,15-16,23,25H,10-14H2;1-5H,(H,9,10,11). The van der Waals surface area contributed by atoms with E-state index in [0.717, 1.165) is 48.7 Å². The van der Waals surface area contributed by atoms with Gasteiger partial charge >= 0.3 is 0 Å². The molecule has 5 aromatic rings. The van der Waals surface area contributed by atoms with Gasteiger partial charge in [0.2, 0.25) is 0 Å². The fraction of sp³-hybridized carbons (Fsp3) is 0.167. The summed E-state index contributed by atoms with van der Waals surface area (Å²) in [4.78, 5) is 23.5. The summed E-state index contributed by atoms with van der Waals surface area (Å²) in [6.45, 7) is 4.01. The van der Waals surface area contributed by atoms with Gasteiger partial charge in [-0.25, -0.2) is 10.5 Å². The average molecular weight is 504 g/mol. The molecule has 0 saturated carbocycles. The van der Waals surface area contributed by atoms with Crippen LogP contribution in [0.1, 0.15) is 12.0 Å². The lowest BCUT2D eigenvalue weighted by molar-refractivity contribution is 0.226. The predicted octanol–water partition coefficient (Wildman–Crippen LogP) is 2.97. The van der Waals surface area contributed by atoms with Crippen LogP contribution < -0.4 is 21.7 Å². The fourth-order valence-corrected chi connectivity index (χ4v) is 4.89. The number of hydrogen-bond donors (Lipinski definition) is 3. The Morgan fingerprint density at radius 3 is 2.55 bits per heavy atom. The molecule has 190 valence electrons. The first-order valence-electron chi connectivity index (χ1n) is 12.8. The van der Waals surface area contributed by atoms with Gasteiger partial charge in [0.1, 0.15) is 0 Å². The van der Waals surface area contributed by atoms with Crippen LogP contribution in [0.25, 0.3) is 33.6 Å². The zero-order valence-corrected chi connectivity index (χ0v) is 21.0. The number of aromatic nitrogens is 3. The summed E-state index contributed by atoms with van der Waals surface area (Å²) in [6, 6.07) is 24.0. The molecule has 8 nitrogen and oxygen atoms in total. The lowest BCUT2D eigenvalue weighted by Crippen LogP contribution is -2.45. The van der Waals surface area contributed by atoms with Gasteiger partial charge in [-0.1, -0.05) is 54.6 Å². The predicted molar refractivity (Wildman–Crippen MR) is 151 cm³/mol. The van der Waals surface area contributed by atoms with Crippen molar-refractivity contribution in [3.8, 4) is 0 Å². The summed E-state index contributed by atoms with van der Waals surface area (Å²) < 4.78 is 0. The number of benzene rings is 3. The van der Waals surface area contributed by atoms with Crippen LogP contribution >= 0.6 is 0 Å². The van der Waals surface area contributed by atoms with Crippen LogP contribution in [0.15, 0.2) is 101 Å². The van der Waals surface area contributed by atoms with E-state index in [4.69, 9.17) is 0 Å². The van der Waals surface area contributed by atoms with E-state index in [-0.39, 0.29) is 5.56 Å². The minimum Gasteiger partial charge on any atom is -0.361 e. The molecule has 0 bridgehead atoms. The van der Waals surface area contributed by atoms with Crippen LogP contribution in [-0.2, 0) is 0 Å². The second kappa shape index (κ2) is 10.7. The van der Waals surface area contributed by atoms with Crippen molar-refractivity contribution in [2.24, 2.45) is 5.10 Å². The Labute approximate surface area is 219 Å². The van der Waals surface area contributed by atoms with Crippen LogP contribution in [-0.4, -0.2) is 51.0 Å². The molecule has 0 fully saturated rings. The number of fused-ring (bicyclic) bond motifs is 3. The van der Waals surface area contributed by atoms with Crippen LogP contribution in [0.5, 0.6) is 0 Å². The number of para-hydroxylation sites is 3. The van der Waals surface area contributed by atoms with E-state index < -0.39 is 0 Å². The summed E-state index contributed by atoms with van der Waals surface area (Å²) in [7, 11) is 0. The maximum Gasteiger partial charge on any atom is 0.258 e. The Kier molecular flexibility index (Phi) is 6.70. The highest BCUT2D eigenvalue weighted by atomic mass is 16.1. The lowest BCUT2D eigenvalue weighted by Gasteiger charge is -2.29. The first-order chi connectivity index (χ1) is 18.7. The Morgan fingerprint density at radius 2 is 1.68 bits per heavy atom. The van der Waals surface area contributed by atoms with Crippen LogP contribution in [0.2, 0.25) is 0 Å². The second-order valence-electron chi connectivity index (χ2n) is 9.37. The number of nitrogens with one attached hydrogen (secondary N) is 3. The minimum atomic E-state index is -0.0874. The van der Waals surface area contributed by atoms with Gasteiger partial charge in [0, 0.05) is 53.7 Å². The normalized spacial score (nSPS) is 14.9. The molecule has 38 heavy (non-hydrogen) atoms. The van der Waals surface area contributed by atoms with E-state index in [1.165, 1.54) is 28.4 Å². The largest absolute Gasteiger partial charge is 0.361 e. The van der Waals surface area contributed by atoms with E-state index in [1.807, 2.05) is 30.3 Å². The third-order valence-corrected chi connectivity index (χ3v) is 6.96. The number of hydrazine groups is 1. The molecule has 8 heteroatoms. The van der Waals surface area contributed by atoms with Gasteiger partial charge in [0.05, 0.1) is 29.1 Å². The number of H-pyrrole nitrogens is 2. The highest BCUT2D eigenvalue weighted by Gasteiger charge is 2.16. The zero-order valence-electron chi connectivity index (χ0n) is 21.0. The van der Waals surface area contributed by atoms with Gasteiger partial charge in [0.25, 0.3) is 5.56 Å². The molecule has 3 N–H and O–H groups in total. The summed E-state index contributed by atoms with van der Waals surface area (Å²) in [5.74, 6) is 0. The van der Waals surface area contributed by atoms with Gasteiger partial charge in [-0.3, -0.25) is 14.7 Å². The van der Waals surface area contributed by atoms with Crippen molar-refractivity contribution in [1.82, 2.24) is 30.4 Å². The molecule has 3 aromatic carbocycles. The van der Waals surface area contributed by atoms with Gasteiger partial charge in [-0.2, -0.15) is 5.10 Å². The second-order valence-corrected chi connectivity index (χ2v) is 9.37. The first-order valence-corrected chi connectivity index (χ1v) is 12.8. The van der Waals surface area contributed by atoms with Gasteiger partial charge in [0.15, 0.2) is 0 Å². The third-order valence-electron chi connectivity index (χ3n) is 6.96. The molecule has 0 radical (unpaired) electrons. The van der Waals surface area contributed by atoms with Gasteiger partial charge in [-0.05, 0) is 36.3 Å². The molecule has 7 rings (SSSR count). The molecule has 0 atom stereocenters. The van der Waals surface area contributed by atoms with Crippen LogP contribution in [0.3, 0.4) is 0 Å². The number of nitrogens with zero attached hydrogens (tertiary/aromatic N) is 4. The monoisotopic (exact) mass is 503 g/mol. The summed E-state index contributed by atoms with van der Waals surface area (Å²) in [5.41, 5.74) is 7.79. The van der Waals surface area contributed by atoms with Crippen molar-refractivity contribution in [3.05, 3.63) is 118 Å². The van der Waals surface area contributed by atoms with E-state index in [1.54, 1.807) is 6.07 Å². The number of aromatic amines is 2. The zero-order chi connectivity index (χ0) is 25.7. The van der Waals surface area contributed by atoms with Crippen molar-refractivity contribution < 1.29 is 0 Å². The first kappa shape index (κ1) is 23.7. The Hall–Kier alpha value is -4.69. The van der Waals surface area contributed by atoms with Crippen molar-refractivity contribution >= 4 is 33.6 Å². The van der Waals surface area contributed by atoms with Crippen LogP contribution in [0.4, 0.5) is 0 Å². The Balaban J connectivity index is 0.000000200. The summed E-state index contributed by atoms with van der Waals surface area (Å²) in [6.07, 6.45) is 9.17. The van der Waals surface area contributed by atoms with Crippen LogP contribution in [0, 0.1) is 0 Å². The smallest absolute Gasteiger partial charge is 0.258 e. The minimum absolute atomic E-state index is 0.0874. The van der Waals surface area contributed by atoms with Crippen molar-refractivity contribution in [3.63, 3.8) is 0 Å².